The molecule has 10 atom stereocenters. The van der Waals surface area contributed by atoms with Crippen molar-refractivity contribution in [2.24, 2.45) is 52.3 Å². The zero-order valence-electron chi connectivity index (χ0n) is 23.3. The molecule has 0 N–H and O–H groups in total. The Morgan fingerprint density at radius 3 is 2.41 bits per heavy atom. The van der Waals surface area contributed by atoms with Crippen LogP contribution in [0.15, 0.2) is 23.8 Å². The second kappa shape index (κ2) is 9.78. The van der Waals surface area contributed by atoms with Gasteiger partial charge in [0.25, 0.3) is 0 Å². The number of fused-ring (bicyclic) bond motifs is 5. The van der Waals surface area contributed by atoms with Crippen molar-refractivity contribution in [1.29, 1.82) is 0 Å². The van der Waals surface area contributed by atoms with Gasteiger partial charge in [-0.15, -0.1) is 0 Å². The molecular weight excluding hydrogens is 416 g/mol. The Morgan fingerprint density at radius 2 is 1.76 bits per heavy atom. The lowest BCUT2D eigenvalue weighted by molar-refractivity contribution is -0.158. The average molecular weight is 469 g/mol. The maximum absolute atomic E-state index is 11.7. The molecule has 0 saturated heterocycles. The van der Waals surface area contributed by atoms with Gasteiger partial charge in [-0.05, 0) is 123 Å². The highest BCUT2D eigenvalue weighted by molar-refractivity contribution is 5.66. The molecule has 3 fully saturated rings. The van der Waals surface area contributed by atoms with Crippen molar-refractivity contribution in [2.45, 2.75) is 119 Å². The predicted octanol–water partition coefficient (Wildman–Crippen LogP) is 8.76. The van der Waals surface area contributed by atoms with Crippen molar-refractivity contribution < 1.29 is 9.53 Å². The minimum Gasteiger partial charge on any atom is -0.462 e. The van der Waals surface area contributed by atoms with E-state index in [9.17, 15) is 4.79 Å². The summed E-state index contributed by atoms with van der Waals surface area (Å²) in [5.41, 5.74) is 4.07. The monoisotopic (exact) mass is 468 g/mol. The van der Waals surface area contributed by atoms with Crippen LogP contribution in [-0.2, 0) is 9.53 Å². The Hall–Kier alpha value is -1.05. The Labute approximate surface area is 210 Å². The van der Waals surface area contributed by atoms with Crippen LogP contribution in [0.1, 0.15) is 113 Å². The van der Waals surface area contributed by atoms with E-state index >= 15 is 0 Å². The van der Waals surface area contributed by atoms with Gasteiger partial charge in [-0.1, -0.05) is 58.4 Å². The molecule has 2 nitrogen and oxygen atoms in total. The van der Waals surface area contributed by atoms with Crippen molar-refractivity contribution >= 4 is 5.97 Å². The second-order valence-electron chi connectivity index (χ2n) is 13.4. The molecule has 0 aromatic carbocycles. The fourth-order valence-electron chi connectivity index (χ4n) is 9.75. The highest BCUT2D eigenvalue weighted by Crippen LogP contribution is 2.67. The van der Waals surface area contributed by atoms with Gasteiger partial charge in [-0.2, -0.15) is 0 Å². The molecule has 0 aromatic heterocycles. The molecule has 0 aromatic rings. The summed E-state index contributed by atoms with van der Waals surface area (Å²) in [5.74, 6) is 4.91. The molecular formula is C32H52O2. The Kier molecular flexibility index (Phi) is 7.48. The van der Waals surface area contributed by atoms with Crippen LogP contribution in [0, 0.1) is 52.3 Å². The van der Waals surface area contributed by atoms with Crippen LogP contribution < -0.4 is 0 Å². The van der Waals surface area contributed by atoms with Crippen LogP contribution in [0.5, 0.6) is 0 Å². The Bertz CT molecular complexity index is 810. The SMILES string of the molecule is C=C(C)[C@H](CC)CC[C@@H](C)[C@H]1CC[C@H]2C3=CCC4[C@H](C)[C@@H](OC(C)=O)CC[C@]4(C)[C@H]3CC[C@]12C. The number of carbonyl (C=O) groups is 1. The minimum atomic E-state index is -0.111. The fourth-order valence-corrected chi connectivity index (χ4v) is 9.75. The molecule has 0 bridgehead atoms. The van der Waals surface area contributed by atoms with Crippen molar-refractivity contribution in [2.75, 3.05) is 0 Å². The molecule has 192 valence electrons. The predicted molar refractivity (Wildman–Crippen MR) is 142 cm³/mol. The number of esters is 1. The first-order valence-corrected chi connectivity index (χ1v) is 14.6. The maximum atomic E-state index is 11.7. The molecule has 34 heavy (non-hydrogen) atoms. The summed E-state index contributed by atoms with van der Waals surface area (Å²) in [4.78, 5) is 11.7. The Balaban J connectivity index is 1.50. The van der Waals surface area contributed by atoms with E-state index in [-0.39, 0.29) is 12.1 Å². The van der Waals surface area contributed by atoms with E-state index in [0.29, 0.717) is 28.6 Å². The fraction of sp³-hybridized carbons (Fsp3) is 0.844. The van der Waals surface area contributed by atoms with Crippen LogP contribution >= 0.6 is 0 Å². The van der Waals surface area contributed by atoms with E-state index < -0.39 is 0 Å². The smallest absolute Gasteiger partial charge is 0.302 e. The van der Waals surface area contributed by atoms with Gasteiger partial charge in [0, 0.05) is 6.92 Å². The van der Waals surface area contributed by atoms with E-state index in [1.807, 2.05) is 5.57 Å². The highest BCUT2D eigenvalue weighted by Gasteiger charge is 2.59. The maximum Gasteiger partial charge on any atom is 0.302 e. The average Bonchev–Trinajstić information content (AvgIpc) is 3.13. The molecule has 0 spiro atoms. The lowest BCUT2D eigenvalue weighted by Gasteiger charge is -2.59. The topological polar surface area (TPSA) is 26.3 Å². The summed E-state index contributed by atoms with van der Waals surface area (Å²) in [7, 11) is 0. The summed E-state index contributed by atoms with van der Waals surface area (Å²) in [6.07, 6.45) is 15.7. The van der Waals surface area contributed by atoms with Gasteiger partial charge in [0.1, 0.15) is 6.10 Å². The lowest BCUT2D eigenvalue weighted by atomic mass is 9.46. The van der Waals surface area contributed by atoms with Crippen LogP contribution in [0.25, 0.3) is 0 Å². The standard InChI is InChI=1S/C32H52O2/c1-9-24(20(2)3)11-10-21(4)26-14-15-28-25-12-13-27-22(5)30(34-23(6)33)17-19-32(27,8)29(25)16-18-31(26,28)7/h12,21-22,24,26-30H,2,9-11,13-19H2,1,3-8H3/t21-,22+,24-,26-,27?,28+,29+,30+,31-,32+/m1/s1. The van der Waals surface area contributed by atoms with Crippen LogP contribution in [0.3, 0.4) is 0 Å². The lowest BCUT2D eigenvalue weighted by Crippen LogP contribution is -2.53. The van der Waals surface area contributed by atoms with Crippen molar-refractivity contribution in [3.8, 4) is 0 Å². The molecule has 4 rings (SSSR count). The molecule has 4 aliphatic rings. The highest BCUT2D eigenvalue weighted by atomic mass is 16.5. The molecule has 0 aliphatic heterocycles. The second-order valence-corrected chi connectivity index (χ2v) is 13.4. The molecule has 0 radical (unpaired) electrons. The van der Waals surface area contributed by atoms with Crippen molar-refractivity contribution in [3.63, 3.8) is 0 Å². The van der Waals surface area contributed by atoms with Gasteiger partial charge < -0.3 is 4.74 Å². The minimum absolute atomic E-state index is 0.111. The number of ether oxygens (including phenoxy) is 1. The van der Waals surface area contributed by atoms with Gasteiger partial charge in [-0.25, -0.2) is 0 Å². The zero-order chi connectivity index (χ0) is 24.8. The van der Waals surface area contributed by atoms with Crippen LogP contribution in [0.2, 0.25) is 0 Å². The molecule has 1 unspecified atom stereocenters. The summed E-state index contributed by atoms with van der Waals surface area (Å²) in [6, 6.07) is 0. The summed E-state index contributed by atoms with van der Waals surface area (Å²) < 4.78 is 5.76. The van der Waals surface area contributed by atoms with E-state index in [0.717, 1.165) is 30.1 Å². The van der Waals surface area contributed by atoms with Gasteiger partial charge in [0.15, 0.2) is 0 Å². The molecule has 0 amide bonds. The first-order chi connectivity index (χ1) is 16.0. The molecule has 4 aliphatic carbocycles. The number of allylic oxidation sites excluding steroid dienone is 3. The number of hydrogen-bond donors (Lipinski definition) is 0. The summed E-state index contributed by atoms with van der Waals surface area (Å²) >= 11 is 0. The summed E-state index contributed by atoms with van der Waals surface area (Å²) in [6.45, 7) is 20.5. The van der Waals surface area contributed by atoms with Gasteiger partial charge in [0.05, 0.1) is 0 Å². The van der Waals surface area contributed by atoms with Crippen LogP contribution in [0.4, 0.5) is 0 Å². The zero-order valence-corrected chi connectivity index (χ0v) is 23.3. The number of carbonyl (C=O) groups excluding carboxylic acids is 1. The van der Waals surface area contributed by atoms with E-state index in [1.165, 1.54) is 63.4 Å². The third-order valence-electron chi connectivity index (χ3n) is 11.8. The third kappa shape index (κ3) is 4.34. The van der Waals surface area contributed by atoms with Crippen LogP contribution in [-0.4, -0.2) is 12.1 Å². The molecule has 3 saturated carbocycles. The molecule has 0 heterocycles. The number of rotatable bonds is 7. The van der Waals surface area contributed by atoms with Gasteiger partial charge in [-0.3, -0.25) is 4.79 Å². The first-order valence-electron chi connectivity index (χ1n) is 14.6. The number of hydrogen-bond acceptors (Lipinski definition) is 2. The van der Waals surface area contributed by atoms with E-state index in [2.05, 4.69) is 54.2 Å². The summed E-state index contributed by atoms with van der Waals surface area (Å²) in [5, 5.41) is 0. The van der Waals surface area contributed by atoms with Crippen molar-refractivity contribution in [1.82, 2.24) is 0 Å². The van der Waals surface area contributed by atoms with Crippen molar-refractivity contribution in [3.05, 3.63) is 23.8 Å². The Morgan fingerprint density at radius 1 is 1.09 bits per heavy atom. The normalized spacial score (nSPS) is 43.1. The first kappa shape index (κ1) is 26.0. The van der Waals surface area contributed by atoms with Gasteiger partial charge >= 0.3 is 5.97 Å². The van der Waals surface area contributed by atoms with E-state index in [1.54, 1.807) is 6.92 Å². The van der Waals surface area contributed by atoms with Gasteiger partial charge in [0.2, 0.25) is 0 Å². The van der Waals surface area contributed by atoms with E-state index in [4.69, 9.17) is 4.74 Å². The largest absolute Gasteiger partial charge is 0.462 e. The quantitative estimate of drug-likeness (QED) is 0.276. The molecule has 2 heteroatoms. The third-order valence-corrected chi connectivity index (χ3v) is 11.8.